The van der Waals surface area contributed by atoms with E-state index in [1.807, 2.05) is 12.1 Å². The van der Waals surface area contributed by atoms with Crippen LogP contribution in [0.25, 0.3) is 11.0 Å². The molecule has 0 radical (unpaired) electrons. The normalized spacial score (nSPS) is 13.1. The molecule has 2 heterocycles. The van der Waals surface area contributed by atoms with Crippen LogP contribution in [-0.4, -0.2) is 10.1 Å². The van der Waals surface area contributed by atoms with Crippen LogP contribution in [0.15, 0.2) is 40.4 Å². The Morgan fingerprint density at radius 3 is 3.00 bits per heavy atom. The van der Waals surface area contributed by atoms with Gasteiger partial charge in [-0.2, -0.15) is 0 Å². The second-order valence-electron chi connectivity index (χ2n) is 3.61. The molecule has 0 aliphatic heterocycles. The Morgan fingerprint density at radius 1 is 1.41 bits per heavy atom. The molecule has 5 heteroatoms. The van der Waals surface area contributed by atoms with E-state index in [1.54, 1.807) is 23.8 Å². The molecule has 0 bridgehead atoms. The summed E-state index contributed by atoms with van der Waals surface area (Å²) in [7, 11) is 0. The maximum Gasteiger partial charge on any atom is 0.153 e. The van der Waals surface area contributed by atoms with Crippen molar-refractivity contribution in [3.8, 4) is 0 Å². The molecule has 0 amide bonds. The molecule has 0 saturated heterocycles. The fourth-order valence-corrected chi connectivity index (χ4v) is 2.51. The molecule has 0 fully saturated rings. The second kappa shape index (κ2) is 4.14. The number of hydrogen-bond acceptors (Lipinski definition) is 4. The summed E-state index contributed by atoms with van der Waals surface area (Å²) in [5, 5.41) is 11.5. The summed E-state index contributed by atoms with van der Waals surface area (Å²) in [6.45, 7) is 0. The first-order chi connectivity index (χ1) is 8.25. The molecule has 1 N–H and O–H groups in total. The highest BCUT2D eigenvalue weighted by atomic mass is 35.5. The lowest BCUT2D eigenvalue weighted by Crippen LogP contribution is -1.94. The van der Waals surface area contributed by atoms with Gasteiger partial charge < -0.3 is 9.52 Å². The number of aliphatic hydroxyl groups excluding tert-OH is 1. The van der Waals surface area contributed by atoms with Gasteiger partial charge in [-0.15, -0.1) is 11.3 Å². The summed E-state index contributed by atoms with van der Waals surface area (Å²) in [4.78, 5) is 4.68. The Bertz CT molecular complexity index is 648. The van der Waals surface area contributed by atoms with Crippen molar-refractivity contribution in [3.05, 3.63) is 51.6 Å². The first-order valence-electron chi connectivity index (χ1n) is 5.00. The van der Waals surface area contributed by atoms with Crippen LogP contribution >= 0.6 is 22.9 Å². The van der Waals surface area contributed by atoms with E-state index in [0.717, 1.165) is 10.3 Å². The molecule has 1 unspecified atom stereocenters. The molecule has 2 aromatic heterocycles. The number of furan rings is 1. The first-order valence-corrected chi connectivity index (χ1v) is 6.26. The fourth-order valence-electron chi connectivity index (χ4n) is 1.68. The van der Waals surface area contributed by atoms with Gasteiger partial charge >= 0.3 is 0 Å². The molecule has 17 heavy (non-hydrogen) atoms. The molecular formula is C12H8ClNO2S. The van der Waals surface area contributed by atoms with Gasteiger partial charge in [0.1, 0.15) is 11.9 Å². The van der Waals surface area contributed by atoms with E-state index in [0.29, 0.717) is 16.4 Å². The fraction of sp³-hybridized carbons (Fsp3) is 0.0833. The highest BCUT2D eigenvalue weighted by Gasteiger charge is 2.17. The molecule has 0 spiro atoms. The number of hydrogen-bond donors (Lipinski definition) is 1. The number of halogens is 1. The predicted molar refractivity (Wildman–Crippen MR) is 67.4 cm³/mol. The predicted octanol–water partition coefficient (Wildman–Crippen LogP) is 3.62. The summed E-state index contributed by atoms with van der Waals surface area (Å²) < 4.78 is 5.58. The first kappa shape index (κ1) is 10.8. The summed E-state index contributed by atoms with van der Waals surface area (Å²) in [5.74, 6) is 0.484. The van der Waals surface area contributed by atoms with Crippen LogP contribution in [0.5, 0.6) is 0 Å². The van der Waals surface area contributed by atoms with Gasteiger partial charge in [-0.3, -0.25) is 4.98 Å². The Kier molecular flexibility index (Phi) is 2.63. The number of benzene rings is 1. The van der Waals surface area contributed by atoms with Gasteiger partial charge in [-0.25, -0.2) is 0 Å². The molecule has 0 saturated carbocycles. The third kappa shape index (κ3) is 1.84. The number of fused-ring (bicyclic) bond motifs is 1. The van der Waals surface area contributed by atoms with Gasteiger partial charge in [0.2, 0.25) is 0 Å². The lowest BCUT2D eigenvalue weighted by atomic mass is 10.2. The molecule has 3 rings (SSSR count). The topological polar surface area (TPSA) is 46.3 Å². The largest absolute Gasteiger partial charge is 0.456 e. The highest BCUT2D eigenvalue weighted by molar-refractivity contribution is 7.09. The summed E-state index contributed by atoms with van der Waals surface area (Å²) in [6.07, 6.45) is 0.843. The van der Waals surface area contributed by atoms with E-state index in [-0.39, 0.29) is 0 Å². The summed E-state index contributed by atoms with van der Waals surface area (Å²) in [6, 6.07) is 7.30. The van der Waals surface area contributed by atoms with Gasteiger partial charge in [-0.1, -0.05) is 23.7 Å². The van der Waals surface area contributed by atoms with E-state index in [2.05, 4.69) is 4.98 Å². The third-order valence-electron chi connectivity index (χ3n) is 2.51. The molecular weight excluding hydrogens is 258 g/mol. The Morgan fingerprint density at radius 2 is 2.29 bits per heavy atom. The monoisotopic (exact) mass is 265 g/mol. The number of thiazole rings is 1. The number of rotatable bonds is 2. The van der Waals surface area contributed by atoms with Crippen molar-refractivity contribution in [3.63, 3.8) is 0 Å². The standard InChI is InChI=1S/C12H8ClNO2S/c13-8-3-1-2-7-4-9(16-12(7)8)11(15)10-5-14-6-17-10/h1-6,11,15H. The van der Waals surface area contributed by atoms with Gasteiger partial charge in [0.15, 0.2) is 5.58 Å². The zero-order valence-electron chi connectivity index (χ0n) is 8.63. The molecule has 0 aliphatic rings. The van der Waals surface area contributed by atoms with Crippen LogP contribution in [-0.2, 0) is 0 Å². The van der Waals surface area contributed by atoms with Crippen LogP contribution in [0.2, 0.25) is 5.02 Å². The van der Waals surface area contributed by atoms with Gasteiger partial charge in [0.05, 0.1) is 15.4 Å². The SMILES string of the molecule is OC(c1cc2cccc(Cl)c2o1)c1cncs1. The molecule has 86 valence electrons. The van der Waals surface area contributed by atoms with Crippen LogP contribution in [0.1, 0.15) is 16.7 Å². The second-order valence-corrected chi connectivity index (χ2v) is 4.94. The van der Waals surface area contributed by atoms with Gasteiger partial charge in [0.25, 0.3) is 0 Å². The number of nitrogens with zero attached hydrogens (tertiary/aromatic N) is 1. The number of para-hydroxylation sites is 1. The van der Waals surface area contributed by atoms with Crippen molar-refractivity contribution in [2.45, 2.75) is 6.10 Å². The smallest absolute Gasteiger partial charge is 0.153 e. The molecule has 0 aliphatic carbocycles. The quantitative estimate of drug-likeness (QED) is 0.770. The highest BCUT2D eigenvalue weighted by Crippen LogP contribution is 2.32. The van der Waals surface area contributed by atoms with E-state index in [9.17, 15) is 5.11 Å². The van der Waals surface area contributed by atoms with Crippen LogP contribution in [0, 0.1) is 0 Å². The van der Waals surface area contributed by atoms with Crippen LogP contribution in [0.4, 0.5) is 0 Å². The molecule has 3 nitrogen and oxygen atoms in total. The summed E-state index contributed by atoms with van der Waals surface area (Å²) >= 11 is 7.40. The van der Waals surface area contributed by atoms with Gasteiger partial charge in [0, 0.05) is 11.6 Å². The molecule has 3 aromatic rings. The van der Waals surface area contributed by atoms with Crippen molar-refractivity contribution in [2.75, 3.05) is 0 Å². The molecule has 1 aromatic carbocycles. The molecule has 1 atom stereocenters. The zero-order chi connectivity index (χ0) is 11.8. The van der Waals surface area contributed by atoms with Crippen molar-refractivity contribution < 1.29 is 9.52 Å². The minimum absolute atomic E-state index is 0.484. The van der Waals surface area contributed by atoms with Gasteiger partial charge in [-0.05, 0) is 12.1 Å². The van der Waals surface area contributed by atoms with E-state index >= 15 is 0 Å². The van der Waals surface area contributed by atoms with Crippen LogP contribution < -0.4 is 0 Å². The maximum atomic E-state index is 10.1. The Balaban J connectivity index is 2.10. The number of aromatic nitrogens is 1. The number of aliphatic hydroxyl groups is 1. The van der Waals surface area contributed by atoms with Crippen molar-refractivity contribution >= 4 is 33.9 Å². The van der Waals surface area contributed by atoms with E-state index in [1.165, 1.54) is 11.3 Å². The van der Waals surface area contributed by atoms with Crippen LogP contribution in [0.3, 0.4) is 0 Å². The maximum absolute atomic E-state index is 10.1. The zero-order valence-corrected chi connectivity index (χ0v) is 10.2. The van der Waals surface area contributed by atoms with Crippen molar-refractivity contribution in [2.24, 2.45) is 0 Å². The Labute approximate surface area is 106 Å². The Hall–Kier alpha value is -1.36. The average Bonchev–Trinajstić information content (AvgIpc) is 2.98. The van der Waals surface area contributed by atoms with Crippen molar-refractivity contribution in [1.82, 2.24) is 4.98 Å². The third-order valence-corrected chi connectivity index (χ3v) is 3.63. The lowest BCUT2D eigenvalue weighted by Gasteiger charge is -2.02. The van der Waals surface area contributed by atoms with E-state index in [4.69, 9.17) is 16.0 Å². The lowest BCUT2D eigenvalue weighted by molar-refractivity contribution is 0.195. The summed E-state index contributed by atoms with van der Waals surface area (Å²) in [5.41, 5.74) is 2.28. The van der Waals surface area contributed by atoms with E-state index < -0.39 is 6.10 Å². The minimum Gasteiger partial charge on any atom is -0.456 e. The van der Waals surface area contributed by atoms with Crippen molar-refractivity contribution in [1.29, 1.82) is 0 Å². The minimum atomic E-state index is -0.786. The average molecular weight is 266 g/mol.